The van der Waals surface area contributed by atoms with Gasteiger partial charge in [-0.3, -0.25) is 9.59 Å². The van der Waals surface area contributed by atoms with E-state index in [1.165, 1.54) is 0 Å². The molecule has 1 heterocycles. The first-order chi connectivity index (χ1) is 12.8. The highest BCUT2D eigenvalue weighted by atomic mass is 16.4. The van der Waals surface area contributed by atoms with E-state index in [9.17, 15) is 14.4 Å². The van der Waals surface area contributed by atoms with Gasteiger partial charge in [0.1, 0.15) is 0 Å². The predicted octanol–water partition coefficient (Wildman–Crippen LogP) is 1.69. The minimum atomic E-state index is -0.722. The average molecular weight is 380 g/mol. The van der Waals surface area contributed by atoms with Crippen molar-refractivity contribution in [2.45, 2.75) is 65.0 Å². The van der Waals surface area contributed by atoms with Crippen LogP contribution in [-0.2, 0) is 11.3 Å². The minimum absolute atomic E-state index is 0.0362. The van der Waals surface area contributed by atoms with Gasteiger partial charge in [0, 0.05) is 12.5 Å². The van der Waals surface area contributed by atoms with Crippen LogP contribution in [0.2, 0.25) is 0 Å². The Bertz CT molecular complexity index is 686. The summed E-state index contributed by atoms with van der Waals surface area (Å²) in [5.41, 5.74) is 0. The fourth-order valence-corrected chi connectivity index (χ4v) is 3.35. The molecule has 1 amide bonds. The molecule has 1 aliphatic rings. The highest BCUT2D eigenvalue weighted by Gasteiger charge is 2.30. The summed E-state index contributed by atoms with van der Waals surface area (Å²) in [6.07, 6.45) is 5.46. The topological polar surface area (TPSA) is 97.4 Å². The third-order valence-corrected chi connectivity index (χ3v) is 4.89. The lowest BCUT2D eigenvalue weighted by Gasteiger charge is -2.24. The van der Waals surface area contributed by atoms with Gasteiger partial charge in [-0.05, 0) is 39.3 Å². The van der Waals surface area contributed by atoms with Gasteiger partial charge < -0.3 is 14.6 Å². The van der Waals surface area contributed by atoms with E-state index >= 15 is 0 Å². The van der Waals surface area contributed by atoms with Crippen molar-refractivity contribution >= 4 is 11.7 Å². The second-order valence-corrected chi connectivity index (χ2v) is 8.09. The number of carbonyl (C=O) groups excluding carboxylic acids is 2. The number of amides is 1. The summed E-state index contributed by atoms with van der Waals surface area (Å²) in [4.78, 5) is 39.3. The summed E-state index contributed by atoms with van der Waals surface area (Å²) in [5.74, 6) is -1.23. The number of rotatable bonds is 9. The number of aromatic nitrogens is 2. The average Bonchev–Trinajstić information content (AvgIpc) is 2.99. The van der Waals surface area contributed by atoms with Gasteiger partial charge in [0.2, 0.25) is 11.7 Å². The van der Waals surface area contributed by atoms with E-state index in [2.05, 4.69) is 10.4 Å². The molecule has 0 unspecified atom stereocenters. The molecule has 8 heteroatoms. The molecule has 27 heavy (non-hydrogen) atoms. The van der Waals surface area contributed by atoms with Gasteiger partial charge in [-0.1, -0.05) is 33.1 Å². The number of carbonyl (C=O) groups is 2. The number of nitrogens with one attached hydrogen (secondary N) is 1. The smallest absolute Gasteiger partial charge is 0.384 e. The van der Waals surface area contributed by atoms with E-state index < -0.39 is 17.6 Å². The van der Waals surface area contributed by atoms with Gasteiger partial charge in [-0.25, -0.2) is 4.79 Å². The van der Waals surface area contributed by atoms with Crippen LogP contribution in [0.4, 0.5) is 0 Å². The number of nitrogens with zero attached hydrogens (tertiary/aromatic N) is 3. The molecule has 1 aromatic heterocycles. The lowest BCUT2D eigenvalue weighted by molar-refractivity contribution is -0.126. The molecule has 1 saturated carbocycles. The van der Waals surface area contributed by atoms with Crippen LogP contribution >= 0.6 is 0 Å². The van der Waals surface area contributed by atoms with E-state index in [4.69, 9.17) is 4.42 Å². The first-order valence-electron chi connectivity index (χ1n) is 9.85. The van der Waals surface area contributed by atoms with Crippen molar-refractivity contribution in [2.75, 3.05) is 20.6 Å². The SMILES string of the molecule is CC(C)C[C@H](NC(=O)C1CCCCC1)C(=O)c1nn(CCN(C)C)c(=O)o1. The molecule has 2 rings (SSSR count). The van der Waals surface area contributed by atoms with Crippen LogP contribution in [0.15, 0.2) is 9.21 Å². The van der Waals surface area contributed by atoms with Gasteiger partial charge in [0.15, 0.2) is 0 Å². The monoisotopic (exact) mass is 380 g/mol. The van der Waals surface area contributed by atoms with Gasteiger partial charge in [0.25, 0.3) is 5.89 Å². The van der Waals surface area contributed by atoms with Crippen LogP contribution in [0.3, 0.4) is 0 Å². The van der Waals surface area contributed by atoms with E-state index in [1.807, 2.05) is 32.8 Å². The highest BCUT2D eigenvalue weighted by Crippen LogP contribution is 2.24. The molecule has 0 spiro atoms. The molecule has 0 saturated heterocycles. The molecule has 1 fully saturated rings. The second kappa shape index (κ2) is 9.82. The third kappa shape index (κ3) is 6.30. The Morgan fingerprint density at radius 1 is 1.26 bits per heavy atom. The van der Waals surface area contributed by atoms with Crippen molar-refractivity contribution in [2.24, 2.45) is 11.8 Å². The molecule has 0 bridgehead atoms. The van der Waals surface area contributed by atoms with Crippen LogP contribution in [-0.4, -0.2) is 53.1 Å². The number of ketones is 1. The van der Waals surface area contributed by atoms with Gasteiger partial charge >= 0.3 is 5.76 Å². The zero-order valence-electron chi connectivity index (χ0n) is 16.9. The van der Waals surface area contributed by atoms with Crippen molar-refractivity contribution < 1.29 is 14.0 Å². The maximum absolute atomic E-state index is 12.9. The summed E-state index contributed by atoms with van der Waals surface area (Å²) >= 11 is 0. The standard InChI is InChI=1S/C19H32N4O4/c1-13(2)12-15(20-17(25)14-8-6-5-7-9-14)16(24)18-21-23(19(26)27-18)11-10-22(3)4/h13-15H,5-12H2,1-4H3,(H,20,25)/t15-/m0/s1. The molecular formula is C19H32N4O4. The maximum atomic E-state index is 12.9. The Balaban J connectivity index is 2.10. The Morgan fingerprint density at radius 3 is 2.52 bits per heavy atom. The Kier molecular flexibility index (Phi) is 7.77. The third-order valence-electron chi connectivity index (χ3n) is 4.89. The largest absolute Gasteiger partial charge is 0.437 e. The van der Waals surface area contributed by atoms with E-state index in [-0.39, 0.29) is 23.6 Å². The lowest BCUT2D eigenvalue weighted by atomic mass is 9.88. The van der Waals surface area contributed by atoms with Crippen molar-refractivity contribution in [3.05, 3.63) is 16.4 Å². The molecule has 0 aliphatic heterocycles. The zero-order valence-corrected chi connectivity index (χ0v) is 16.9. The number of Topliss-reactive ketones (excluding diaryl/α,β-unsaturated/α-hetero) is 1. The van der Waals surface area contributed by atoms with Crippen molar-refractivity contribution in [3.63, 3.8) is 0 Å². The molecule has 8 nitrogen and oxygen atoms in total. The fourth-order valence-electron chi connectivity index (χ4n) is 3.35. The minimum Gasteiger partial charge on any atom is -0.384 e. The molecule has 0 radical (unpaired) electrons. The summed E-state index contributed by atoms with van der Waals surface area (Å²) in [5, 5.41) is 6.93. The summed E-state index contributed by atoms with van der Waals surface area (Å²) in [7, 11) is 3.77. The van der Waals surface area contributed by atoms with E-state index in [0.717, 1.165) is 36.8 Å². The van der Waals surface area contributed by atoms with Gasteiger partial charge in [-0.2, -0.15) is 4.68 Å². The lowest BCUT2D eigenvalue weighted by Crippen LogP contribution is -2.45. The number of hydrogen-bond acceptors (Lipinski definition) is 6. The highest BCUT2D eigenvalue weighted by molar-refractivity contribution is 5.98. The van der Waals surface area contributed by atoms with Crippen LogP contribution in [0.1, 0.15) is 63.1 Å². The molecule has 0 aromatic carbocycles. The van der Waals surface area contributed by atoms with Crippen molar-refractivity contribution in [3.8, 4) is 0 Å². The van der Waals surface area contributed by atoms with Crippen LogP contribution in [0.25, 0.3) is 0 Å². The first kappa shape index (κ1) is 21.3. The van der Waals surface area contributed by atoms with Crippen molar-refractivity contribution in [1.29, 1.82) is 0 Å². The zero-order chi connectivity index (χ0) is 20.0. The van der Waals surface area contributed by atoms with Gasteiger partial charge in [-0.15, -0.1) is 5.10 Å². The molecule has 1 aromatic rings. The van der Waals surface area contributed by atoms with Gasteiger partial charge in [0.05, 0.1) is 12.6 Å². The Hall–Kier alpha value is -1.96. The normalized spacial score (nSPS) is 16.7. The summed E-state index contributed by atoms with van der Waals surface area (Å²) < 4.78 is 6.23. The van der Waals surface area contributed by atoms with Crippen LogP contribution in [0, 0.1) is 11.8 Å². The molecule has 1 atom stereocenters. The van der Waals surface area contributed by atoms with Crippen LogP contribution in [0.5, 0.6) is 0 Å². The Morgan fingerprint density at radius 2 is 1.93 bits per heavy atom. The molecule has 152 valence electrons. The second-order valence-electron chi connectivity index (χ2n) is 8.09. The Labute approximate surface area is 160 Å². The van der Waals surface area contributed by atoms with E-state index in [1.54, 1.807) is 0 Å². The van der Waals surface area contributed by atoms with E-state index in [0.29, 0.717) is 19.5 Å². The van der Waals surface area contributed by atoms with Crippen LogP contribution < -0.4 is 11.1 Å². The molecular weight excluding hydrogens is 348 g/mol. The maximum Gasteiger partial charge on any atom is 0.437 e. The number of hydrogen-bond donors (Lipinski definition) is 1. The predicted molar refractivity (Wildman–Crippen MR) is 102 cm³/mol. The first-order valence-corrected chi connectivity index (χ1v) is 9.85. The molecule has 1 aliphatic carbocycles. The summed E-state index contributed by atoms with van der Waals surface area (Å²) in [6, 6.07) is -0.722. The quantitative estimate of drug-likeness (QED) is 0.655. The molecule has 1 N–H and O–H groups in total. The summed E-state index contributed by atoms with van der Waals surface area (Å²) in [6.45, 7) is 4.91. The van der Waals surface area contributed by atoms with Crippen molar-refractivity contribution in [1.82, 2.24) is 20.0 Å². The fraction of sp³-hybridized carbons (Fsp3) is 0.789. The number of likely N-dealkylation sites (N-methyl/N-ethyl adjacent to an activating group) is 1.